The summed E-state index contributed by atoms with van der Waals surface area (Å²) in [6.45, 7) is -0.444. The smallest absolute Gasteiger partial charge is 0.153 e. The first-order valence-electron chi connectivity index (χ1n) is 2.86. The summed E-state index contributed by atoms with van der Waals surface area (Å²) in [5, 5.41) is 8.25. The van der Waals surface area contributed by atoms with Crippen molar-refractivity contribution in [1.29, 1.82) is 0 Å². The van der Waals surface area contributed by atoms with Crippen LogP contribution in [-0.2, 0) is 20.9 Å². The molecule has 0 aliphatic heterocycles. The van der Waals surface area contributed by atoms with Crippen molar-refractivity contribution < 1.29 is 22.3 Å². The Morgan fingerprint density at radius 2 is 1.82 bits per heavy atom. The number of sulfone groups is 1. The Hall–Kier alpha value is 0.0200. The van der Waals surface area contributed by atoms with Gasteiger partial charge in [0.15, 0.2) is 20.9 Å². The Morgan fingerprint density at radius 3 is 2.18 bits per heavy atom. The van der Waals surface area contributed by atoms with Crippen LogP contribution in [0.3, 0.4) is 0 Å². The molecule has 0 aliphatic rings. The quantitative estimate of drug-likeness (QED) is 0.536. The zero-order valence-electron chi connectivity index (χ0n) is 5.76. The van der Waals surface area contributed by atoms with E-state index >= 15 is 0 Å². The normalized spacial score (nSPS) is 14.7. The highest BCUT2D eigenvalue weighted by Gasteiger charge is 2.10. The minimum Gasteiger partial charge on any atom is -0.395 e. The fourth-order valence-electron chi connectivity index (χ4n) is 0.439. The molecule has 1 unspecified atom stereocenters. The maximum absolute atomic E-state index is 10.7. The van der Waals surface area contributed by atoms with Crippen LogP contribution >= 0.6 is 0 Å². The molecule has 0 bridgehead atoms. The van der Waals surface area contributed by atoms with E-state index in [9.17, 15) is 12.6 Å². The summed E-state index contributed by atoms with van der Waals surface area (Å²) in [7, 11) is -3.33. The van der Waals surface area contributed by atoms with Gasteiger partial charge < -0.3 is 9.66 Å². The van der Waals surface area contributed by atoms with Crippen molar-refractivity contribution in [1.82, 2.24) is 0 Å². The first kappa shape index (κ1) is 11.0. The molecule has 11 heavy (non-hydrogen) atoms. The summed E-state index contributed by atoms with van der Waals surface area (Å²) in [4.78, 5) is 0. The average Bonchev–Trinajstić information content (AvgIpc) is 1.84. The topological polar surface area (TPSA) is 91.7 Å². The molecular weight excluding hydrogens is 192 g/mol. The van der Waals surface area contributed by atoms with Gasteiger partial charge in [-0.2, -0.15) is 0 Å². The Balaban J connectivity index is 3.84. The minimum atomic E-state index is -3.33. The second-order valence-electron chi connectivity index (χ2n) is 1.90. The third-order valence-corrected chi connectivity index (χ3v) is 3.41. The summed E-state index contributed by atoms with van der Waals surface area (Å²) in [6.07, 6.45) is 0. The standard InChI is InChI=1S/C4H10O5S2/c5-1-3-11(8,9)4-2-10(6)7/h5H,1-4H2,(H,6,7). The molecule has 7 heteroatoms. The molecule has 0 aromatic heterocycles. The number of hydrogen-bond acceptors (Lipinski definition) is 4. The third kappa shape index (κ3) is 6.42. The molecule has 0 saturated carbocycles. The lowest BCUT2D eigenvalue weighted by molar-refractivity contribution is 0.319. The van der Waals surface area contributed by atoms with Crippen molar-refractivity contribution in [2.45, 2.75) is 0 Å². The van der Waals surface area contributed by atoms with E-state index in [1.807, 2.05) is 0 Å². The molecule has 68 valence electrons. The van der Waals surface area contributed by atoms with Crippen molar-refractivity contribution in [3.63, 3.8) is 0 Å². The van der Waals surface area contributed by atoms with Gasteiger partial charge in [0.2, 0.25) is 0 Å². The van der Waals surface area contributed by atoms with E-state index in [0.717, 1.165) is 0 Å². The van der Waals surface area contributed by atoms with Gasteiger partial charge >= 0.3 is 0 Å². The van der Waals surface area contributed by atoms with Gasteiger partial charge in [-0.3, -0.25) is 0 Å². The Kier molecular flexibility index (Phi) is 4.82. The molecule has 1 atom stereocenters. The molecule has 0 heterocycles. The zero-order valence-corrected chi connectivity index (χ0v) is 7.40. The van der Waals surface area contributed by atoms with Gasteiger partial charge in [0.25, 0.3) is 0 Å². The highest BCUT2D eigenvalue weighted by Crippen LogP contribution is 1.90. The first-order valence-corrected chi connectivity index (χ1v) is 5.96. The molecule has 0 aliphatic carbocycles. The SMILES string of the molecule is O=S(O)CCS(=O)(=O)CCO. The van der Waals surface area contributed by atoms with Gasteiger partial charge in [0.05, 0.1) is 23.9 Å². The summed E-state index contributed by atoms with van der Waals surface area (Å²) in [5.41, 5.74) is 0. The second-order valence-corrected chi connectivity index (χ2v) is 5.26. The van der Waals surface area contributed by atoms with Crippen molar-refractivity contribution in [2.75, 3.05) is 23.9 Å². The van der Waals surface area contributed by atoms with Crippen LogP contribution in [0.5, 0.6) is 0 Å². The largest absolute Gasteiger partial charge is 0.395 e. The number of aliphatic hydroxyl groups is 1. The predicted octanol–water partition coefficient (Wildman–Crippen LogP) is -1.38. The van der Waals surface area contributed by atoms with E-state index in [4.69, 9.17) is 9.66 Å². The van der Waals surface area contributed by atoms with Gasteiger partial charge in [-0.05, 0) is 0 Å². The molecule has 0 rings (SSSR count). The Bertz CT molecular complexity index is 219. The molecule has 2 N–H and O–H groups in total. The average molecular weight is 202 g/mol. The monoisotopic (exact) mass is 202 g/mol. The maximum Gasteiger partial charge on any atom is 0.153 e. The summed E-state index contributed by atoms with van der Waals surface area (Å²) in [5.74, 6) is -0.983. The molecule has 0 aromatic carbocycles. The third-order valence-electron chi connectivity index (χ3n) is 0.971. The molecule has 0 spiro atoms. The van der Waals surface area contributed by atoms with Gasteiger partial charge in [-0.1, -0.05) is 0 Å². The molecule has 0 saturated heterocycles. The van der Waals surface area contributed by atoms with E-state index in [-0.39, 0.29) is 17.3 Å². The highest BCUT2D eigenvalue weighted by molar-refractivity contribution is 7.92. The Morgan fingerprint density at radius 1 is 1.27 bits per heavy atom. The van der Waals surface area contributed by atoms with Crippen molar-refractivity contribution in [3.8, 4) is 0 Å². The van der Waals surface area contributed by atoms with E-state index in [1.54, 1.807) is 0 Å². The van der Waals surface area contributed by atoms with Crippen LogP contribution in [0, 0.1) is 0 Å². The van der Waals surface area contributed by atoms with E-state index in [1.165, 1.54) is 0 Å². The van der Waals surface area contributed by atoms with E-state index < -0.39 is 27.5 Å². The minimum absolute atomic E-state index is 0.289. The van der Waals surface area contributed by atoms with Gasteiger partial charge in [0.1, 0.15) is 0 Å². The summed E-state index contributed by atoms with van der Waals surface area (Å²) in [6, 6.07) is 0. The fraction of sp³-hybridized carbons (Fsp3) is 1.00. The van der Waals surface area contributed by atoms with Gasteiger partial charge in [-0.15, -0.1) is 0 Å². The van der Waals surface area contributed by atoms with Crippen molar-refractivity contribution in [2.24, 2.45) is 0 Å². The Labute approximate surface area is 67.6 Å². The zero-order chi connectivity index (χ0) is 8.91. The van der Waals surface area contributed by atoms with Crippen LogP contribution < -0.4 is 0 Å². The molecule has 0 fully saturated rings. The highest BCUT2D eigenvalue weighted by atomic mass is 32.2. The summed E-state index contributed by atoms with van der Waals surface area (Å²) < 4.78 is 39.7. The lowest BCUT2D eigenvalue weighted by Crippen LogP contribution is -2.18. The second kappa shape index (κ2) is 4.81. The van der Waals surface area contributed by atoms with Gasteiger partial charge in [0, 0.05) is 0 Å². The number of hydrogen-bond donors (Lipinski definition) is 2. The fourth-order valence-corrected chi connectivity index (χ4v) is 2.51. The first-order chi connectivity index (χ1) is 4.98. The molecular formula is C4H10O5S2. The predicted molar refractivity (Wildman–Crippen MR) is 41.4 cm³/mol. The van der Waals surface area contributed by atoms with Crippen molar-refractivity contribution in [3.05, 3.63) is 0 Å². The van der Waals surface area contributed by atoms with Crippen LogP contribution in [0.4, 0.5) is 0 Å². The lowest BCUT2D eigenvalue weighted by atomic mass is 10.9. The number of rotatable bonds is 5. The number of aliphatic hydroxyl groups excluding tert-OH is 1. The molecule has 0 aromatic rings. The molecule has 0 radical (unpaired) electrons. The van der Waals surface area contributed by atoms with E-state index in [2.05, 4.69) is 0 Å². The van der Waals surface area contributed by atoms with Crippen LogP contribution in [0.2, 0.25) is 0 Å². The lowest BCUT2D eigenvalue weighted by Gasteiger charge is -1.98. The summed E-state index contributed by atoms with van der Waals surface area (Å²) >= 11 is -2.08. The molecule has 5 nitrogen and oxygen atoms in total. The van der Waals surface area contributed by atoms with Crippen LogP contribution in [0.15, 0.2) is 0 Å². The maximum atomic E-state index is 10.7. The van der Waals surface area contributed by atoms with E-state index in [0.29, 0.717) is 0 Å². The molecule has 0 amide bonds. The van der Waals surface area contributed by atoms with Crippen LogP contribution in [0.25, 0.3) is 0 Å². The van der Waals surface area contributed by atoms with Crippen molar-refractivity contribution >= 4 is 20.9 Å². The van der Waals surface area contributed by atoms with Crippen LogP contribution in [-0.4, -0.2) is 46.2 Å². The van der Waals surface area contributed by atoms with Gasteiger partial charge in [-0.25, -0.2) is 12.6 Å². The van der Waals surface area contributed by atoms with Crippen LogP contribution in [0.1, 0.15) is 0 Å².